The molecule has 0 aromatic heterocycles. The van der Waals surface area contributed by atoms with Crippen molar-refractivity contribution in [1.82, 2.24) is 0 Å². The Hall–Kier alpha value is -3.58. The highest BCUT2D eigenvalue weighted by Gasteiger charge is 2.29. The molecule has 0 radical (unpaired) electrons. The molecule has 0 saturated heterocycles. The van der Waals surface area contributed by atoms with Crippen molar-refractivity contribution in [3.05, 3.63) is 90.0 Å². The van der Waals surface area contributed by atoms with E-state index >= 15 is 0 Å². The number of anilines is 1. The third kappa shape index (κ3) is 6.73. The molecule has 0 fully saturated rings. The summed E-state index contributed by atoms with van der Waals surface area (Å²) in [6.07, 6.45) is 5.97. The fourth-order valence-electron chi connectivity index (χ4n) is 3.44. The van der Waals surface area contributed by atoms with E-state index in [-0.39, 0.29) is 10.6 Å². The van der Waals surface area contributed by atoms with E-state index in [1.54, 1.807) is 73.8 Å². The van der Waals surface area contributed by atoms with Gasteiger partial charge in [0, 0.05) is 6.08 Å². The molecule has 0 unspecified atom stereocenters. The lowest BCUT2D eigenvalue weighted by atomic mass is 10.2. The standard InChI is InChI=1S/C28H31NO5S/c1-4-5-9-20-34-26-18-14-23(21-27(26)33-3)15-19-28(30)29(24-10-7-6-8-11-24)35(31,32)25-16-12-22(2)13-17-25/h6-8,10-19,21H,4-5,9,20H2,1-3H3/b19-15+. The Morgan fingerprint density at radius 3 is 2.31 bits per heavy atom. The van der Waals surface area contributed by atoms with Crippen molar-refractivity contribution in [3.63, 3.8) is 0 Å². The summed E-state index contributed by atoms with van der Waals surface area (Å²) in [5, 5.41) is 0. The molecule has 0 aliphatic rings. The Balaban J connectivity index is 1.87. The number of carbonyl (C=O) groups excluding carboxylic acids is 1. The largest absolute Gasteiger partial charge is 0.493 e. The minimum absolute atomic E-state index is 0.0416. The normalized spacial score (nSPS) is 11.4. The molecule has 0 heterocycles. The number of nitrogens with zero attached hydrogens (tertiary/aromatic N) is 1. The average Bonchev–Trinajstić information content (AvgIpc) is 2.86. The fourth-order valence-corrected chi connectivity index (χ4v) is 4.83. The number of hydrogen-bond acceptors (Lipinski definition) is 5. The first-order valence-corrected chi connectivity index (χ1v) is 13.0. The highest BCUT2D eigenvalue weighted by molar-refractivity contribution is 7.93. The number of para-hydroxylation sites is 1. The van der Waals surface area contributed by atoms with Crippen LogP contribution in [0.15, 0.2) is 83.8 Å². The molecule has 0 aliphatic carbocycles. The molecule has 7 heteroatoms. The van der Waals surface area contributed by atoms with Gasteiger partial charge in [0.05, 0.1) is 24.3 Å². The van der Waals surface area contributed by atoms with E-state index in [0.29, 0.717) is 23.7 Å². The number of carbonyl (C=O) groups is 1. The van der Waals surface area contributed by atoms with E-state index in [0.717, 1.165) is 29.1 Å². The Labute approximate surface area is 207 Å². The van der Waals surface area contributed by atoms with Crippen LogP contribution in [-0.2, 0) is 14.8 Å². The van der Waals surface area contributed by atoms with E-state index in [4.69, 9.17) is 9.47 Å². The SMILES string of the molecule is CCCCCOc1ccc(/C=C/C(=O)N(c2ccccc2)S(=O)(=O)c2ccc(C)cc2)cc1OC. The van der Waals surface area contributed by atoms with Gasteiger partial charge in [-0.05, 0) is 61.4 Å². The smallest absolute Gasteiger partial charge is 0.271 e. The minimum atomic E-state index is -4.12. The van der Waals surface area contributed by atoms with E-state index in [1.165, 1.54) is 18.2 Å². The number of rotatable bonds is 11. The summed E-state index contributed by atoms with van der Waals surface area (Å²) in [5.74, 6) is 0.485. The molecule has 0 atom stereocenters. The van der Waals surface area contributed by atoms with Gasteiger partial charge in [-0.2, -0.15) is 4.31 Å². The van der Waals surface area contributed by atoms with Crippen LogP contribution in [0.25, 0.3) is 6.08 Å². The van der Waals surface area contributed by atoms with Crippen LogP contribution in [-0.4, -0.2) is 28.0 Å². The zero-order valence-corrected chi connectivity index (χ0v) is 21.1. The number of sulfonamides is 1. The van der Waals surface area contributed by atoms with Crippen LogP contribution in [0, 0.1) is 6.92 Å². The number of aryl methyl sites for hydroxylation is 1. The van der Waals surface area contributed by atoms with Gasteiger partial charge in [0.1, 0.15) is 0 Å². The molecule has 6 nitrogen and oxygen atoms in total. The Morgan fingerprint density at radius 2 is 1.66 bits per heavy atom. The van der Waals surface area contributed by atoms with Gasteiger partial charge in [0.2, 0.25) is 0 Å². The third-order valence-electron chi connectivity index (χ3n) is 5.36. The van der Waals surface area contributed by atoms with Gasteiger partial charge in [-0.25, -0.2) is 8.42 Å². The van der Waals surface area contributed by atoms with Crippen molar-refractivity contribution in [3.8, 4) is 11.5 Å². The Kier molecular flexibility index (Phi) is 9.09. The van der Waals surface area contributed by atoms with Crippen LogP contribution in [0.3, 0.4) is 0 Å². The molecule has 0 saturated carbocycles. The highest BCUT2D eigenvalue weighted by atomic mass is 32.2. The van der Waals surface area contributed by atoms with Gasteiger partial charge in [-0.3, -0.25) is 4.79 Å². The lowest BCUT2D eigenvalue weighted by molar-refractivity contribution is -0.113. The summed E-state index contributed by atoms with van der Waals surface area (Å²) in [7, 11) is -2.57. The summed E-state index contributed by atoms with van der Waals surface area (Å²) in [5.41, 5.74) is 1.86. The maximum Gasteiger partial charge on any atom is 0.271 e. The molecule has 3 rings (SSSR count). The first-order valence-electron chi connectivity index (χ1n) is 11.6. The van der Waals surface area contributed by atoms with Crippen molar-refractivity contribution >= 4 is 27.7 Å². The summed E-state index contributed by atoms with van der Waals surface area (Å²) in [4.78, 5) is 13.3. The second kappa shape index (κ2) is 12.2. The number of methoxy groups -OCH3 is 1. The molecule has 0 N–H and O–H groups in total. The van der Waals surface area contributed by atoms with Crippen molar-refractivity contribution in [2.24, 2.45) is 0 Å². The summed E-state index contributed by atoms with van der Waals surface area (Å²) >= 11 is 0. The topological polar surface area (TPSA) is 72.9 Å². The summed E-state index contributed by atoms with van der Waals surface area (Å²) in [6.45, 7) is 4.60. The minimum Gasteiger partial charge on any atom is -0.493 e. The van der Waals surface area contributed by atoms with E-state index in [9.17, 15) is 13.2 Å². The lowest BCUT2D eigenvalue weighted by Crippen LogP contribution is -2.35. The molecule has 0 spiro atoms. The molecule has 3 aromatic rings. The highest BCUT2D eigenvalue weighted by Crippen LogP contribution is 2.29. The Bertz CT molecular complexity index is 1250. The Morgan fingerprint density at radius 1 is 0.943 bits per heavy atom. The van der Waals surface area contributed by atoms with Crippen LogP contribution in [0.1, 0.15) is 37.3 Å². The maximum absolute atomic E-state index is 13.4. The molecule has 1 amide bonds. The third-order valence-corrected chi connectivity index (χ3v) is 7.10. The molecule has 3 aromatic carbocycles. The van der Waals surface area contributed by atoms with Crippen LogP contribution < -0.4 is 13.8 Å². The molecule has 0 aliphatic heterocycles. The van der Waals surface area contributed by atoms with E-state index in [1.807, 2.05) is 6.92 Å². The second-order valence-corrected chi connectivity index (χ2v) is 9.84. The number of unbranched alkanes of at least 4 members (excludes halogenated alkanes) is 2. The fraction of sp³-hybridized carbons (Fsp3) is 0.250. The van der Waals surface area contributed by atoms with Gasteiger partial charge in [0.15, 0.2) is 11.5 Å². The number of amides is 1. The molecule has 0 bridgehead atoms. The van der Waals surface area contributed by atoms with Crippen LogP contribution in [0.4, 0.5) is 5.69 Å². The van der Waals surface area contributed by atoms with Gasteiger partial charge in [-0.1, -0.05) is 61.7 Å². The lowest BCUT2D eigenvalue weighted by Gasteiger charge is -2.21. The molecule has 184 valence electrons. The van der Waals surface area contributed by atoms with Gasteiger partial charge < -0.3 is 9.47 Å². The van der Waals surface area contributed by atoms with Crippen molar-refractivity contribution in [2.75, 3.05) is 18.0 Å². The predicted octanol–water partition coefficient (Wildman–Crippen LogP) is 6.01. The first-order chi connectivity index (χ1) is 16.9. The van der Waals surface area contributed by atoms with Gasteiger partial charge in [0.25, 0.3) is 15.9 Å². The molecule has 35 heavy (non-hydrogen) atoms. The monoisotopic (exact) mass is 493 g/mol. The average molecular weight is 494 g/mol. The van der Waals surface area contributed by atoms with Crippen molar-refractivity contribution in [1.29, 1.82) is 0 Å². The summed E-state index contributed by atoms with van der Waals surface area (Å²) in [6, 6.07) is 20.1. The maximum atomic E-state index is 13.4. The molecular formula is C28H31NO5S. The first kappa shape index (κ1) is 26.0. The number of ether oxygens (including phenoxy) is 2. The van der Waals surface area contributed by atoms with E-state index < -0.39 is 15.9 Å². The van der Waals surface area contributed by atoms with Crippen LogP contribution in [0.5, 0.6) is 11.5 Å². The molecular weight excluding hydrogens is 462 g/mol. The van der Waals surface area contributed by atoms with E-state index in [2.05, 4.69) is 6.92 Å². The van der Waals surface area contributed by atoms with Crippen LogP contribution in [0.2, 0.25) is 0 Å². The summed E-state index contributed by atoms with van der Waals surface area (Å²) < 4.78 is 38.9. The van der Waals surface area contributed by atoms with Crippen molar-refractivity contribution < 1.29 is 22.7 Å². The zero-order valence-electron chi connectivity index (χ0n) is 20.3. The second-order valence-electron chi connectivity index (χ2n) is 8.06. The quantitative estimate of drug-likeness (QED) is 0.242. The predicted molar refractivity (Wildman–Crippen MR) is 139 cm³/mol. The van der Waals surface area contributed by atoms with Crippen LogP contribution >= 0.6 is 0 Å². The van der Waals surface area contributed by atoms with Crippen molar-refractivity contribution in [2.45, 2.75) is 38.0 Å². The van der Waals surface area contributed by atoms with Gasteiger partial charge >= 0.3 is 0 Å². The van der Waals surface area contributed by atoms with Gasteiger partial charge in [-0.15, -0.1) is 0 Å². The number of hydrogen-bond donors (Lipinski definition) is 0. The zero-order chi connectivity index (χ0) is 25.3. The number of benzene rings is 3.